The Kier molecular flexibility index (Phi) is 5.60. The molecule has 3 rings (SSSR count). The van der Waals surface area contributed by atoms with E-state index in [1.807, 2.05) is 16.8 Å². The largest absolute Gasteiger partial charge is 0.486 e. The Bertz CT molecular complexity index is 708. The number of carbonyl (C=O) groups excluding carboxylic acids is 1. The number of benzene rings is 1. The smallest absolute Gasteiger partial charge is 0.322 e. The van der Waals surface area contributed by atoms with E-state index in [-0.39, 0.29) is 19.2 Å². The maximum Gasteiger partial charge on any atom is 0.322 e. The molecule has 1 aromatic carbocycles. The third kappa shape index (κ3) is 4.00. The molecule has 1 aliphatic heterocycles. The number of nitrogens with one attached hydrogen (secondary N) is 1. The molecule has 6 nitrogen and oxygen atoms in total. The van der Waals surface area contributed by atoms with Crippen molar-refractivity contribution in [3.63, 3.8) is 0 Å². The molecule has 1 aliphatic rings. The first kappa shape index (κ1) is 17.1. The third-order valence-electron chi connectivity index (χ3n) is 3.48. The highest BCUT2D eigenvalue weighted by Crippen LogP contribution is 2.38. The van der Waals surface area contributed by atoms with Crippen molar-refractivity contribution >= 4 is 39.0 Å². The van der Waals surface area contributed by atoms with E-state index < -0.39 is 0 Å². The standard InChI is InChI=1S/C16H17BrN2O4S/c17-12-7-14-15(23-5-4-22-14)8-13(12)18-16(21)19(2-3-20)9-11-1-6-24-10-11/h1,6-8,10,20H,2-5,9H2,(H,18,21). The van der Waals surface area contributed by atoms with Gasteiger partial charge in [-0.15, -0.1) is 0 Å². The number of aliphatic hydroxyl groups excluding tert-OH is 1. The summed E-state index contributed by atoms with van der Waals surface area (Å²) < 4.78 is 11.8. The highest BCUT2D eigenvalue weighted by Gasteiger charge is 2.19. The van der Waals surface area contributed by atoms with E-state index in [4.69, 9.17) is 9.47 Å². The van der Waals surface area contributed by atoms with Crippen molar-refractivity contribution in [3.8, 4) is 11.5 Å². The van der Waals surface area contributed by atoms with E-state index in [0.29, 0.717) is 41.4 Å². The molecule has 0 unspecified atom stereocenters. The first-order chi connectivity index (χ1) is 11.7. The maximum atomic E-state index is 12.6. The second-order valence-electron chi connectivity index (χ2n) is 5.18. The normalized spacial score (nSPS) is 12.8. The van der Waals surface area contributed by atoms with Gasteiger partial charge in [-0.2, -0.15) is 11.3 Å². The van der Waals surface area contributed by atoms with Crippen LogP contribution in [-0.2, 0) is 6.54 Å². The summed E-state index contributed by atoms with van der Waals surface area (Å²) in [6.07, 6.45) is 0. The topological polar surface area (TPSA) is 71.0 Å². The van der Waals surface area contributed by atoms with Crippen LogP contribution in [0.15, 0.2) is 33.4 Å². The molecule has 2 N–H and O–H groups in total. The van der Waals surface area contributed by atoms with E-state index in [1.165, 1.54) is 0 Å². The fraction of sp³-hybridized carbons (Fsp3) is 0.312. The molecule has 128 valence electrons. The quantitative estimate of drug-likeness (QED) is 0.789. The van der Waals surface area contributed by atoms with Crippen molar-refractivity contribution in [2.45, 2.75) is 6.54 Å². The number of nitrogens with zero attached hydrogens (tertiary/aromatic N) is 1. The molecule has 0 atom stereocenters. The predicted molar refractivity (Wildman–Crippen MR) is 96.0 cm³/mol. The van der Waals surface area contributed by atoms with E-state index in [2.05, 4.69) is 21.2 Å². The number of aliphatic hydroxyl groups is 1. The second-order valence-corrected chi connectivity index (χ2v) is 6.82. The number of urea groups is 1. The van der Waals surface area contributed by atoms with Crippen molar-refractivity contribution in [1.82, 2.24) is 4.90 Å². The number of thiophene rings is 1. The molecule has 0 saturated carbocycles. The summed E-state index contributed by atoms with van der Waals surface area (Å²) >= 11 is 5.01. The van der Waals surface area contributed by atoms with Crippen LogP contribution in [0.3, 0.4) is 0 Å². The van der Waals surface area contributed by atoms with E-state index in [1.54, 1.807) is 28.4 Å². The Morgan fingerprint density at radius 2 is 2.08 bits per heavy atom. The second kappa shape index (κ2) is 7.87. The Morgan fingerprint density at radius 3 is 2.75 bits per heavy atom. The highest BCUT2D eigenvalue weighted by molar-refractivity contribution is 9.10. The van der Waals surface area contributed by atoms with Gasteiger partial charge in [0.2, 0.25) is 0 Å². The summed E-state index contributed by atoms with van der Waals surface area (Å²) in [6, 6.07) is 5.19. The van der Waals surface area contributed by atoms with E-state index in [9.17, 15) is 9.90 Å². The van der Waals surface area contributed by atoms with Crippen molar-refractivity contribution in [2.75, 3.05) is 31.7 Å². The summed E-state index contributed by atoms with van der Waals surface area (Å²) in [4.78, 5) is 14.1. The predicted octanol–water partition coefficient (Wildman–Crippen LogP) is 3.31. The molecular formula is C16H17BrN2O4S. The van der Waals surface area contributed by atoms with E-state index in [0.717, 1.165) is 5.56 Å². The molecule has 0 saturated heterocycles. The molecule has 0 bridgehead atoms. The molecule has 0 fully saturated rings. The number of anilines is 1. The van der Waals surface area contributed by atoms with Crippen LogP contribution in [0.2, 0.25) is 0 Å². The Balaban J connectivity index is 1.74. The molecule has 0 aliphatic carbocycles. The summed E-state index contributed by atoms with van der Waals surface area (Å²) in [5.41, 5.74) is 1.63. The van der Waals surface area contributed by atoms with Gasteiger partial charge in [-0.1, -0.05) is 0 Å². The highest BCUT2D eigenvalue weighted by atomic mass is 79.9. The molecule has 1 aromatic heterocycles. The lowest BCUT2D eigenvalue weighted by atomic mass is 10.2. The monoisotopic (exact) mass is 412 g/mol. The summed E-state index contributed by atoms with van der Waals surface area (Å²) in [5, 5.41) is 16.0. The molecule has 2 heterocycles. The van der Waals surface area contributed by atoms with Gasteiger partial charge in [0, 0.05) is 29.7 Å². The fourth-order valence-electron chi connectivity index (χ4n) is 2.33. The van der Waals surface area contributed by atoms with Crippen molar-refractivity contribution in [3.05, 3.63) is 39.0 Å². The Hall–Kier alpha value is -1.77. The lowest BCUT2D eigenvalue weighted by Crippen LogP contribution is -2.36. The van der Waals surface area contributed by atoms with Gasteiger partial charge in [0.05, 0.1) is 12.3 Å². The van der Waals surface area contributed by atoms with Gasteiger partial charge in [-0.3, -0.25) is 0 Å². The number of ether oxygens (including phenoxy) is 2. The molecule has 0 spiro atoms. The van der Waals surface area contributed by atoms with Crippen LogP contribution in [0.4, 0.5) is 10.5 Å². The number of hydrogen-bond donors (Lipinski definition) is 2. The average molecular weight is 413 g/mol. The van der Waals surface area contributed by atoms with Gasteiger partial charge in [0.25, 0.3) is 0 Å². The average Bonchev–Trinajstić information content (AvgIpc) is 3.08. The number of amides is 2. The summed E-state index contributed by atoms with van der Waals surface area (Å²) in [7, 11) is 0. The minimum Gasteiger partial charge on any atom is -0.486 e. The summed E-state index contributed by atoms with van der Waals surface area (Å²) in [6.45, 7) is 1.59. The minimum absolute atomic E-state index is 0.0974. The lowest BCUT2D eigenvalue weighted by Gasteiger charge is -2.24. The van der Waals surface area contributed by atoms with Crippen LogP contribution in [0.5, 0.6) is 11.5 Å². The molecule has 0 radical (unpaired) electrons. The van der Waals surface area contributed by atoms with Gasteiger partial charge in [0.15, 0.2) is 11.5 Å². The number of rotatable bonds is 5. The third-order valence-corrected chi connectivity index (χ3v) is 4.87. The van der Waals surface area contributed by atoms with Crippen LogP contribution in [0, 0.1) is 0 Å². The Morgan fingerprint density at radius 1 is 1.33 bits per heavy atom. The van der Waals surface area contributed by atoms with Crippen molar-refractivity contribution in [1.29, 1.82) is 0 Å². The van der Waals surface area contributed by atoms with Crippen LogP contribution in [0.1, 0.15) is 5.56 Å². The van der Waals surface area contributed by atoms with Crippen LogP contribution < -0.4 is 14.8 Å². The minimum atomic E-state index is -0.285. The van der Waals surface area contributed by atoms with Crippen molar-refractivity contribution in [2.24, 2.45) is 0 Å². The number of carbonyl (C=O) groups is 1. The van der Waals surface area contributed by atoms with Crippen LogP contribution in [-0.4, -0.2) is 42.4 Å². The lowest BCUT2D eigenvalue weighted by molar-refractivity contribution is 0.171. The Labute approximate surface area is 152 Å². The number of fused-ring (bicyclic) bond motifs is 1. The first-order valence-corrected chi connectivity index (χ1v) is 9.18. The maximum absolute atomic E-state index is 12.6. The zero-order valence-electron chi connectivity index (χ0n) is 12.8. The SMILES string of the molecule is O=C(Nc1cc2c(cc1Br)OCCO2)N(CCO)Cc1ccsc1. The molecule has 24 heavy (non-hydrogen) atoms. The summed E-state index contributed by atoms with van der Waals surface area (Å²) in [5.74, 6) is 1.25. The fourth-order valence-corrected chi connectivity index (χ4v) is 3.41. The van der Waals surface area contributed by atoms with E-state index >= 15 is 0 Å². The molecular weight excluding hydrogens is 396 g/mol. The van der Waals surface area contributed by atoms with Crippen LogP contribution >= 0.6 is 27.3 Å². The van der Waals surface area contributed by atoms with Gasteiger partial charge >= 0.3 is 6.03 Å². The van der Waals surface area contributed by atoms with Gasteiger partial charge in [-0.25, -0.2) is 4.79 Å². The molecule has 2 aromatic rings. The number of halogens is 1. The van der Waals surface area contributed by atoms with Crippen LogP contribution in [0.25, 0.3) is 0 Å². The van der Waals surface area contributed by atoms with Gasteiger partial charge < -0.3 is 24.8 Å². The molecule has 2 amide bonds. The number of hydrogen-bond acceptors (Lipinski definition) is 5. The van der Waals surface area contributed by atoms with Gasteiger partial charge in [-0.05, 0) is 38.3 Å². The zero-order chi connectivity index (χ0) is 16.9. The molecule has 8 heteroatoms. The van der Waals surface area contributed by atoms with Gasteiger partial charge in [0.1, 0.15) is 13.2 Å². The first-order valence-electron chi connectivity index (χ1n) is 7.44. The zero-order valence-corrected chi connectivity index (χ0v) is 15.2. The van der Waals surface area contributed by atoms with Crippen molar-refractivity contribution < 1.29 is 19.4 Å².